The molecule has 0 aliphatic rings. The van der Waals surface area contributed by atoms with Crippen molar-refractivity contribution in [3.63, 3.8) is 0 Å². The summed E-state index contributed by atoms with van der Waals surface area (Å²) in [6.45, 7) is 6.06. The van der Waals surface area contributed by atoms with Gasteiger partial charge in [0.2, 0.25) is 0 Å². The van der Waals surface area contributed by atoms with E-state index in [1.165, 1.54) is 5.57 Å². The van der Waals surface area contributed by atoms with Gasteiger partial charge in [-0.15, -0.1) is 0 Å². The minimum Gasteiger partial charge on any atom is -0.465 e. The summed E-state index contributed by atoms with van der Waals surface area (Å²) in [5, 5.41) is 8.72. The summed E-state index contributed by atoms with van der Waals surface area (Å²) >= 11 is 0. The number of carbonyl (C=O) groups is 1. The third-order valence-electron chi connectivity index (χ3n) is 1.73. The van der Waals surface area contributed by atoms with Gasteiger partial charge in [0.1, 0.15) is 5.92 Å². The van der Waals surface area contributed by atoms with E-state index in [2.05, 4.69) is 0 Å². The molecule has 0 radical (unpaired) electrons. The fourth-order valence-electron chi connectivity index (χ4n) is 1.02. The summed E-state index contributed by atoms with van der Waals surface area (Å²) < 4.78 is 4.77. The van der Waals surface area contributed by atoms with E-state index in [1.807, 2.05) is 26.0 Å². The van der Waals surface area contributed by atoms with Gasteiger partial charge in [0.05, 0.1) is 12.7 Å². The molecule has 0 aromatic carbocycles. The summed E-state index contributed by atoms with van der Waals surface area (Å²) in [6, 6.07) is 1.96. The highest BCUT2D eigenvalue weighted by atomic mass is 16.5. The van der Waals surface area contributed by atoms with Gasteiger partial charge in [-0.2, -0.15) is 5.26 Å². The van der Waals surface area contributed by atoms with Gasteiger partial charge in [-0.3, -0.25) is 4.79 Å². The van der Waals surface area contributed by atoms with E-state index in [4.69, 9.17) is 10.00 Å². The molecule has 0 bridgehead atoms. The van der Waals surface area contributed by atoms with E-state index in [-0.39, 0.29) is 0 Å². The molecule has 0 N–H and O–H groups in total. The van der Waals surface area contributed by atoms with E-state index < -0.39 is 11.9 Å². The number of nitriles is 1. The highest BCUT2D eigenvalue weighted by Crippen LogP contribution is 2.09. The van der Waals surface area contributed by atoms with Crippen LogP contribution in [0.4, 0.5) is 0 Å². The van der Waals surface area contributed by atoms with E-state index in [1.54, 1.807) is 6.92 Å². The third-order valence-corrected chi connectivity index (χ3v) is 1.73. The maximum atomic E-state index is 11.2. The van der Waals surface area contributed by atoms with Crippen molar-refractivity contribution in [2.45, 2.75) is 33.6 Å². The number of hydrogen-bond acceptors (Lipinski definition) is 3. The van der Waals surface area contributed by atoms with Crippen molar-refractivity contribution in [2.24, 2.45) is 5.92 Å². The van der Waals surface area contributed by atoms with Crippen molar-refractivity contribution in [3.8, 4) is 6.07 Å². The number of ether oxygens (including phenoxy) is 1. The Morgan fingerprint density at radius 3 is 2.64 bits per heavy atom. The summed E-state index contributed by atoms with van der Waals surface area (Å²) in [6.07, 6.45) is 3.31. The van der Waals surface area contributed by atoms with Crippen LogP contribution in [-0.2, 0) is 9.53 Å². The molecule has 0 aliphatic carbocycles. The smallest absolute Gasteiger partial charge is 0.323 e. The van der Waals surface area contributed by atoms with E-state index in [9.17, 15) is 4.79 Å². The normalized spacial score (nSPS) is 11.3. The molecule has 0 fully saturated rings. The second-order valence-electron chi connectivity index (χ2n) is 3.29. The Kier molecular flexibility index (Phi) is 6.47. The van der Waals surface area contributed by atoms with E-state index in [0.29, 0.717) is 13.0 Å². The first-order chi connectivity index (χ1) is 6.61. The molecule has 0 aliphatic heterocycles. The van der Waals surface area contributed by atoms with Crippen molar-refractivity contribution >= 4 is 5.97 Å². The van der Waals surface area contributed by atoms with Crippen LogP contribution in [0, 0.1) is 17.2 Å². The van der Waals surface area contributed by atoms with Crippen LogP contribution in [0.5, 0.6) is 0 Å². The summed E-state index contributed by atoms with van der Waals surface area (Å²) in [5.41, 5.74) is 1.20. The second-order valence-corrected chi connectivity index (χ2v) is 3.29. The lowest BCUT2D eigenvalue weighted by atomic mass is 10.0. The van der Waals surface area contributed by atoms with Gasteiger partial charge >= 0.3 is 5.97 Å². The van der Waals surface area contributed by atoms with Gasteiger partial charge < -0.3 is 4.74 Å². The van der Waals surface area contributed by atoms with Gasteiger partial charge in [0.25, 0.3) is 0 Å². The zero-order valence-electron chi connectivity index (χ0n) is 9.04. The summed E-state index contributed by atoms with van der Waals surface area (Å²) in [4.78, 5) is 11.2. The predicted molar refractivity (Wildman–Crippen MR) is 54.4 cm³/mol. The molecule has 1 unspecified atom stereocenters. The molecular formula is C11H17NO2. The van der Waals surface area contributed by atoms with Crippen molar-refractivity contribution in [1.29, 1.82) is 5.26 Å². The van der Waals surface area contributed by atoms with Gasteiger partial charge in [0, 0.05) is 0 Å². The van der Waals surface area contributed by atoms with Crippen molar-refractivity contribution in [2.75, 3.05) is 6.61 Å². The van der Waals surface area contributed by atoms with Crippen LogP contribution >= 0.6 is 0 Å². The number of allylic oxidation sites excluding steroid dienone is 2. The number of hydrogen-bond donors (Lipinski definition) is 0. The largest absolute Gasteiger partial charge is 0.465 e. The lowest BCUT2D eigenvalue weighted by Gasteiger charge is -2.06. The average molecular weight is 195 g/mol. The molecule has 3 heteroatoms. The maximum absolute atomic E-state index is 11.2. The topological polar surface area (TPSA) is 50.1 Å². The van der Waals surface area contributed by atoms with Crippen LogP contribution in [0.15, 0.2) is 11.6 Å². The molecule has 0 spiro atoms. The number of carbonyl (C=O) groups excluding carboxylic acids is 1. The Labute approximate surface area is 85.4 Å². The zero-order valence-corrected chi connectivity index (χ0v) is 9.04. The molecule has 14 heavy (non-hydrogen) atoms. The Morgan fingerprint density at radius 2 is 2.21 bits per heavy atom. The van der Waals surface area contributed by atoms with Crippen LogP contribution in [0.2, 0.25) is 0 Å². The molecule has 0 heterocycles. The molecule has 78 valence electrons. The first-order valence-corrected chi connectivity index (χ1v) is 4.81. The van der Waals surface area contributed by atoms with Crippen LogP contribution < -0.4 is 0 Å². The van der Waals surface area contributed by atoms with Gasteiger partial charge in [-0.25, -0.2) is 0 Å². The van der Waals surface area contributed by atoms with Crippen LogP contribution in [-0.4, -0.2) is 12.6 Å². The lowest BCUT2D eigenvalue weighted by Crippen LogP contribution is -2.15. The van der Waals surface area contributed by atoms with Gasteiger partial charge in [-0.1, -0.05) is 11.6 Å². The van der Waals surface area contributed by atoms with E-state index in [0.717, 1.165) is 6.42 Å². The van der Waals surface area contributed by atoms with Crippen LogP contribution in [0.25, 0.3) is 0 Å². The molecule has 0 rings (SSSR count). The minimum atomic E-state index is -0.620. The molecule has 3 nitrogen and oxygen atoms in total. The average Bonchev–Trinajstić information content (AvgIpc) is 2.12. The monoisotopic (exact) mass is 195 g/mol. The van der Waals surface area contributed by atoms with Gasteiger partial charge in [0.15, 0.2) is 0 Å². The molecule has 1 atom stereocenters. The third kappa shape index (κ3) is 5.36. The van der Waals surface area contributed by atoms with Crippen molar-refractivity contribution in [3.05, 3.63) is 11.6 Å². The fraction of sp³-hybridized carbons (Fsp3) is 0.636. The minimum absolute atomic E-state index is 0.333. The second kappa shape index (κ2) is 7.14. The molecule has 0 aromatic heterocycles. The quantitative estimate of drug-likeness (QED) is 0.500. The number of nitrogens with zero attached hydrogens (tertiary/aromatic N) is 1. The molecule has 0 aromatic rings. The maximum Gasteiger partial charge on any atom is 0.323 e. The zero-order chi connectivity index (χ0) is 11.0. The predicted octanol–water partition coefficient (Wildman–Crippen LogP) is 2.44. The summed E-state index contributed by atoms with van der Waals surface area (Å²) in [7, 11) is 0. The Hall–Kier alpha value is -1.30. The van der Waals surface area contributed by atoms with Crippen molar-refractivity contribution in [1.82, 2.24) is 0 Å². The van der Waals surface area contributed by atoms with Crippen LogP contribution in [0.1, 0.15) is 33.6 Å². The SMILES string of the molecule is CCOC(=O)C(C#N)CCC=C(C)C. The molecule has 0 saturated heterocycles. The highest BCUT2D eigenvalue weighted by Gasteiger charge is 2.17. The standard InChI is InChI=1S/C11H17NO2/c1-4-14-11(13)10(8-12)7-5-6-9(2)3/h6,10H,4-5,7H2,1-3H3. The van der Waals surface area contributed by atoms with E-state index >= 15 is 0 Å². The molecule has 0 saturated carbocycles. The Bertz CT molecular complexity index is 247. The van der Waals surface area contributed by atoms with Crippen molar-refractivity contribution < 1.29 is 9.53 Å². The Balaban J connectivity index is 3.99. The van der Waals surface area contributed by atoms with Crippen LogP contribution in [0.3, 0.4) is 0 Å². The number of rotatable bonds is 5. The van der Waals surface area contributed by atoms with Gasteiger partial charge in [-0.05, 0) is 33.6 Å². The number of esters is 1. The lowest BCUT2D eigenvalue weighted by molar-refractivity contribution is -0.146. The highest BCUT2D eigenvalue weighted by molar-refractivity contribution is 5.75. The molecule has 0 amide bonds. The Morgan fingerprint density at radius 1 is 1.57 bits per heavy atom. The first kappa shape index (κ1) is 12.7. The summed E-state index contributed by atoms with van der Waals surface area (Å²) in [5.74, 6) is -1.03. The fourth-order valence-corrected chi connectivity index (χ4v) is 1.02. The first-order valence-electron chi connectivity index (χ1n) is 4.81. The molecular weight excluding hydrogens is 178 g/mol.